The summed E-state index contributed by atoms with van der Waals surface area (Å²) < 4.78 is 0. The second-order valence-electron chi connectivity index (χ2n) is 6.64. The molecule has 0 aliphatic carbocycles. The van der Waals surface area contributed by atoms with Gasteiger partial charge in [-0.2, -0.15) is 5.10 Å². The van der Waals surface area contributed by atoms with Gasteiger partial charge in [-0.3, -0.25) is 15.0 Å². The number of rotatable bonds is 6. The second kappa shape index (κ2) is 8.01. The highest BCUT2D eigenvalue weighted by Gasteiger charge is 2.21. The Morgan fingerprint density at radius 2 is 2.15 bits per heavy atom. The van der Waals surface area contributed by atoms with Gasteiger partial charge in [0.2, 0.25) is 0 Å². The summed E-state index contributed by atoms with van der Waals surface area (Å²) in [7, 11) is 0. The zero-order valence-electron chi connectivity index (χ0n) is 14.5. The van der Waals surface area contributed by atoms with Crippen LogP contribution in [0.2, 0.25) is 0 Å². The number of hydrogen-bond donors (Lipinski definition) is 2. The van der Waals surface area contributed by atoms with Crippen molar-refractivity contribution in [1.82, 2.24) is 35.0 Å². The molecule has 0 radical (unpaired) electrons. The summed E-state index contributed by atoms with van der Waals surface area (Å²) in [6, 6.07) is 4.04. The smallest absolute Gasteiger partial charge is 0.150 e. The molecule has 3 aromatic heterocycles. The minimum absolute atomic E-state index is 0.603. The van der Waals surface area contributed by atoms with E-state index in [9.17, 15) is 0 Å². The van der Waals surface area contributed by atoms with Gasteiger partial charge in [-0.15, -0.1) is 0 Å². The Labute approximate surface area is 152 Å². The predicted molar refractivity (Wildman–Crippen MR) is 97.6 cm³/mol. The van der Waals surface area contributed by atoms with E-state index < -0.39 is 0 Å². The largest absolute Gasteiger partial charge is 0.324 e. The van der Waals surface area contributed by atoms with Crippen LogP contribution >= 0.6 is 0 Å². The Morgan fingerprint density at radius 3 is 3.00 bits per heavy atom. The Kier molecular flexibility index (Phi) is 5.11. The van der Waals surface area contributed by atoms with E-state index in [0.717, 1.165) is 37.6 Å². The van der Waals surface area contributed by atoms with Gasteiger partial charge in [-0.25, -0.2) is 15.0 Å². The Hall–Kier alpha value is -2.87. The lowest BCUT2D eigenvalue weighted by Crippen LogP contribution is -2.35. The predicted octanol–water partition coefficient (Wildman–Crippen LogP) is 2.19. The van der Waals surface area contributed by atoms with Crippen molar-refractivity contribution in [1.29, 1.82) is 0 Å². The van der Waals surface area contributed by atoms with Crippen LogP contribution in [0.25, 0.3) is 0 Å². The van der Waals surface area contributed by atoms with Crippen molar-refractivity contribution >= 4 is 11.6 Å². The minimum atomic E-state index is 0.603. The Balaban J connectivity index is 1.36. The standard InChI is InChI=1S/C18H22N8/c1-2-14(11-26(7-1)12-15-3-4-23-25-15)8-16-9-17(22-13-21-16)24-18-10-19-5-6-20-18/h3-6,9-10,13-14H,1-2,7-8,11-12H2,(H,23,25)(H,20,21,22,24)/t14-/m1/s1. The highest BCUT2D eigenvalue weighted by Crippen LogP contribution is 2.22. The molecule has 8 nitrogen and oxygen atoms in total. The molecule has 0 spiro atoms. The second-order valence-corrected chi connectivity index (χ2v) is 6.64. The van der Waals surface area contributed by atoms with Crippen LogP contribution in [0.3, 0.4) is 0 Å². The van der Waals surface area contributed by atoms with Gasteiger partial charge >= 0.3 is 0 Å². The average molecular weight is 350 g/mol. The van der Waals surface area contributed by atoms with Crippen molar-refractivity contribution in [3.05, 3.63) is 54.6 Å². The molecule has 1 aliphatic rings. The maximum absolute atomic E-state index is 4.45. The normalized spacial score (nSPS) is 17.9. The summed E-state index contributed by atoms with van der Waals surface area (Å²) in [6.45, 7) is 3.15. The Morgan fingerprint density at radius 1 is 1.15 bits per heavy atom. The van der Waals surface area contributed by atoms with E-state index >= 15 is 0 Å². The summed E-state index contributed by atoms with van der Waals surface area (Å²) in [5, 5.41) is 10.3. The van der Waals surface area contributed by atoms with E-state index in [1.165, 1.54) is 18.5 Å². The first kappa shape index (κ1) is 16.6. The lowest BCUT2D eigenvalue weighted by molar-refractivity contribution is 0.164. The molecule has 4 rings (SSSR count). The van der Waals surface area contributed by atoms with Crippen molar-refractivity contribution in [2.75, 3.05) is 18.4 Å². The molecule has 0 amide bonds. The summed E-state index contributed by atoms with van der Waals surface area (Å²) in [5.41, 5.74) is 2.22. The van der Waals surface area contributed by atoms with Crippen LogP contribution in [0.4, 0.5) is 11.6 Å². The zero-order valence-corrected chi connectivity index (χ0v) is 14.5. The molecule has 1 atom stereocenters. The topological polar surface area (TPSA) is 95.5 Å². The molecule has 2 N–H and O–H groups in total. The molecule has 0 bridgehead atoms. The van der Waals surface area contributed by atoms with Crippen LogP contribution in [0, 0.1) is 5.92 Å². The van der Waals surface area contributed by atoms with Crippen molar-refractivity contribution in [2.24, 2.45) is 5.92 Å². The molecule has 3 aromatic rings. The number of likely N-dealkylation sites (tertiary alicyclic amines) is 1. The van der Waals surface area contributed by atoms with Crippen LogP contribution in [-0.2, 0) is 13.0 Å². The molecule has 134 valence electrons. The maximum Gasteiger partial charge on any atom is 0.150 e. The molecule has 0 aromatic carbocycles. The van der Waals surface area contributed by atoms with Crippen molar-refractivity contribution in [3.63, 3.8) is 0 Å². The number of aromatic amines is 1. The molecule has 0 saturated carbocycles. The lowest BCUT2D eigenvalue weighted by Gasteiger charge is -2.32. The summed E-state index contributed by atoms with van der Waals surface area (Å²) in [6.07, 6.45) is 11.8. The van der Waals surface area contributed by atoms with Crippen molar-refractivity contribution in [2.45, 2.75) is 25.8 Å². The zero-order chi connectivity index (χ0) is 17.6. The van der Waals surface area contributed by atoms with E-state index in [2.05, 4.69) is 40.3 Å². The average Bonchev–Trinajstić information content (AvgIpc) is 3.16. The first-order chi connectivity index (χ1) is 12.8. The third kappa shape index (κ3) is 4.40. The van der Waals surface area contributed by atoms with Crippen molar-refractivity contribution < 1.29 is 0 Å². The number of hydrogen-bond acceptors (Lipinski definition) is 7. The van der Waals surface area contributed by atoms with Gasteiger partial charge in [0.15, 0.2) is 0 Å². The van der Waals surface area contributed by atoms with Gasteiger partial charge in [-0.05, 0) is 37.8 Å². The first-order valence-corrected chi connectivity index (χ1v) is 8.90. The van der Waals surface area contributed by atoms with E-state index in [1.807, 2.05) is 18.3 Å². The summed E-state index contributed by atoms with van der Waals surface area (Å²) >= 11 is 0. The van der Waals surface area contributed by atoms with Crippen LogP contribution in [0.5, 0.6) is 0 Å². The number of H-pyrrole nitrogens is 1. The van der Waals surface area contributed by atoms with E-state index in [-0.39, 0.29) is 0 Å². The molecule has 8 heteroatoms. The molecule has 1 aliphatic heterocycles. The van der Waals surface area contributed by atoms with Gasteiger partial charge in [-0.1, -0.05) is 0 Å². The third-order valence-corrected chi connectivity index (χ3v) is 4.60. The first-order valence-electron chi connectivity index (χ1n) is 8.90. The van der Waals surface area contributed by atoms with E-state index in [1.54, 1.807) is 24.9 Å². The molecule has 1 fully saturated rings. The fourth-order valence-corrected chi connectivity index (χ4v) is 3.44. The van der Waals surface area contributed by atoms with Gasteiger partial charge in [0.1, 0.15) is 18.0 Å². The van der Waals surface area contributed by atoms with Crippen LogP contribution in [0.15, 0.2) is 43.2 Å². The molecule has 26 heavy (non-hydrogen) atoms. The lowest BCUT2D eigenvalue weighted by atomic mass is 9.93. The fraction of sp³-hybridized carbons (Fsp3) is 0.389. The van der Waals surface area contributed by atoms with E-state index in [0.29, 0.717) is 11.7 Å². The monoisotopic (exact) mass is 350 g/mol. The maximum atomic E-state index is 4.45. The highest BCUT2D eigenvalue weighted by molar-refractivity contribution is 5.49. The Bertz CT molecular complexity index is 805. The van der Waals surface area contributed by atoms with Crippen LogP contribution < -0.4 is 5.32 Å². The van der Waals surface area contributed by atoms with Crippen molar-refractivity contribution in [3.8, 4) is 0 Å². The van der Waals surface area contributed by atoms with Gasteiger partial charge < -0.3 is 5.32 Å². The molecule has 0 unspecified atom stereocenters. The van der Waals surface area contributed by atoms with Gasteiger partial charge in [0, 0.05) is 49.1 Å². The molecule has 1 saturated heterocycles. The SMILES string of the molecule is c1cnc(Nc2cc(C[C@H]3CCCN(Cc4ccn[nH]4)C3)ncn2)cn1. The van der Waals surface area contributed by atoms with Gasteiger partial charge in [0.25, 0.3) is 0 Å². The summed E-state index contributed by atoms with van der Waals surface area (Å²) in [5.74, 6) is 2.03. The van der Waals surface area contributed by atoms with Crippen LogP contribution in [0.1, 0.15) is 24.2 Å². The number of nitrogens with zero attached hydrogens (tertiary/aromatic N) is 6. The molecule has 4 heterocycles. The third-order valence-electron chi connectivity index (χ3n) is 4.60. The highest BCUT2D eigenvalue weighted by atomic mass is 15.2. The quantitative estimate of drug-likeness (QED) is 0.703. The number of nitrogens with one attached hydrogen (secondary N) is 2. The van der Waals surface area contributed by atoms with Gasteiger partial charge in [0.05, 0.1) is 6.20 Å². The summed E-state index contributed by atoms with van der Waals surface area (Å²) in [4.78, 5) is 19.5. The number of piperidine rings is 1. The minimum Gasteiger partial charge on any atom is -0.324 e. The van der Waals surface area contributed by atoms with Crippen LogP contribution in [-0.4, -0.2) is 48.1 Å². The number of anilines is 2. The molecular weight excluding hydrogens is 328 g/mol. The number of aromatic nitrogens is 6. The van der Waals surface area contributed by atoms with E-state index in [4.69, 9.17) is 0 Å². The fourth-order valence-electron chi connectivity index (χ4n) is 3.44. The molecular formula is C18H22N8.